The Morgan fingerprint density at radius 1 is 0.885 bits per heavy atom. The van der Waals surface area contributed by atoms with Crippen molar-refractivity contribution in [3.63, 3.8) is 0 Å². The summed E-state index contributed by atoms with van der Waals surface area (Å²) in [6.45, 7) is 4.83. The van der Waals surface area contributed by atoms with Gasteiger partial charge in [0.1, 0.15) is 11.6 Å². The molecule has 26 heavy (non-hydrogen) atoms. The minimum atomic E-state index is -0.245. The molecule has 2 nitrogen and oxygen atoms in total. The largest absolute Gasteiger partial charge is 0.508 e. The van der Waals surface area contributed by atoms with Crippen LogP contribution in [0.4, 0.5) is 4.39 Å². The lowest BCUT2D eigenvalue weighted by Crippen LogP contribution is -2.02. The number of aromatic nitrogens is 1. The Labute approximate surface area is 152 Å². The molecule has 3 heteroatoms. The molecule has 3 aromatic carbocycles. The molecular weight excluding hydrogens is 325 g/mol. The predicted molar refractivity (Wildman–Crippen MR) is 104 cm³/mol. The van der Waals surface area contributed by atoms with Gasteiger partial charge in [0.15, 0.2) is 0 Å². The van der Waals surface area contributed by atoms with Crippen LogP contribution in [0.3, 0.4) is 0 Å². The molecule has 0 fully saturated rings. The van der Waals surface area contributed by atoms with Gasteiger partial charge in [-0.25, -0.2) is 4.39 Å². The van der Waals surface area contributed by atoms with Gasteiger partial charge in [0.2, 0.25) is 0 Å². The van der Waals surface area contributed by atoms with Crippen LogP contribution in [0.15, 0.2) is 66.7 Å². The number of aromatic hydroxyl groups is 1. The molecule has 0 spiro atoms. The Balaban J connectivity index is 1.94. The summed E-state index contributed by atoms with van der Waals surface area (Å²) in [5.74, 6) is 0.00369. The summed E-state index contributed by atoms with van der Waals surface area (Å²) < 4.78 is 15.6. The van der Waals surface area contributed by atoms with Gasteiger partial charge in [-0.15, -0.1) is 0 Å². The first-order valence-electron chi connectivity index (χ1n) is 8.66. The quantitative estimate of drug-likeness (QED) is 0.497. The molecule has 0 unspecified atom stereocenters. The van der Waals surface area contributed by atoms with Crippen LogP contribution >= 0.6 is 0 Å². The van der Waals surface area contributed by atoms with E-state index in [4.69, 9.17) is 0 Å². The molecule has 0 aliphatic rings. The van der Waals surface area contributed by atoms with Crippen molar-refractivity contribution in [1.29, 1.82) is 0 Å². The second kappa shape index (κ2) is 6.34. The SMILES string of the molecule is Cc1ccc(Cn2c(-c3ccc(F)cc3)c(C)c3cc(O)ccc32)cc1. The first-order chi connectivity index (χ1) is 12.5. The minimum absolute atomic E-state index is 0.245. The standard InChI is InChI=1S/C23H20FNO/c1-15-3-5-17(6-4-15)14-25-22-12-11-20(26)13-21(22)16(2)23(25)18-7-9-19(24)10-8-18/h3-13,26H,14H2,1-2H3. The molecule has 0 aliphatic heterocycles. The lowest BCUT2D eigenvalue weighted by Gasteiger charge is -2.13. The molecule has 4 rings (SSSR count). The number of hydrogen-bond acceptors (Lipinski definition) is 1. The third kappa shape index (κ3) is 2.86. The predicted octanol–water partition coefficient (Wildman–Crippen LogP) is 5.82. The fourth-order valence-electron chi connectivity index (χ4n) is 3.53. The van der Waals surface area contributed by atoms with Gasteiger partial charge in [-0.05, 0) is 73.0 Å². The first kappa shape index (κ1) is 16.4. The molecule has 0 radical (unpaired) electrons. The molecular formula is C23H20FNO. The van der Waals surface area contributed by atoms with Crippen LogP contribution < -0.4 is 0 Å². The average Bonchev–Trinajstić information content (AvgIpc) is 2.89. The number of aryl methyl sites for hydroxylation is 2. The van der Waals surface area contributed by atoms with Gasteiger partial charge in [0, 0.05) is 17.4 Å². The Hall–Kier alpha value is -3.07. The normalized spacial score (nSPS) is 11.2. The molecule has 0 aliphatic carbocycles. The Kier molecular flexibility index (Phi) is 4.00. The maximum absolute atomic E-state index is 13.4. The molecule has 0 saturated carbocycles. The smallest absolute Gasteiger partial charge is 0.123 e. The number of halogens is 1. The summed E-state index contributed by atoms with van der Waals surface area (Å²) >= 11 is 0. The molecule has 1 heterocycles. The minimum Gasteiger partial charge on any atom is -0.508 e. The number of phenols is 1. The highest BCUT2D eigenvalue weighted by Crippen LogP contribution is 2.35. The van der Waals surface area contributed by atoms with E-state index in [0.29, 0.717) is 6.54 Å². The van der Waals surface area contributed by atoms with Crippen LogP contribution in [0.25, 0.3) is 22.2 Å². The lowest BCUT2D eigenvalue weighted by molar-refractivity contribution is 0.476. The fraction of sp³-hybridized carbons (Fsp3) is 0.130. The van der Waals surface area contributed by atoms with Crippen molar-refractivity contribution in [1.82, 2.24) is 4.57 Å². The summed E-state index contributed by atoms with van der Waals surface area (Å²) in [6.07, 6.45) is 0. The second-order valence-corrected chi connectivity index (χ2v) is 6.75. The van der Waals surface area contributed by atoms with Crippen molar-refractivity contribution >= 4 is 10.9 Å². The van der Waals surface area contributed by atoms with Crippen molar-refractivity contribution in [2.75, 3.05) is 0 Å². The Morgan fingerprint density at radius 2 is 1.58 bits per heavy atom. The zero-order chi connectivity index (χ0) is 18.3. The van der Waals surface area contributed by atoms with E-state index in [1.165, 1.54) is 23.3 Å². The number of fused-ring (bicyclic) bond motifs is 1. The zero-order valence-electron chi connectivity index (χ0n) is 14.8. The van der Waals surface area contributed by atoms with Gasteiger partial charge in [-0.1, -0.05) is 29.8 Å². The number of rotatable bonds is 3. The maximum Gasteiger partial charge on any atom is 0.123 e. The van der Waals surface area contributed by atoms with Crippen molar-refractivity contribution < 1.29 is 9.50 Å². The van der Waals surface area contributed by atoms with Crippen LogP contribution in [0.2, 0.25) is 0 Å². The maximum atomic E-state index is 13.4. The van der Waals surface area contributed by atoms with E-state index in [9.17, 15) is 9.50 Å². The first-order valence-corrected chi connectivity index (χ1v) is 8.66. The van der Waals surface area contributed by atoms with Gasteiger partial charge < -0.3 is 9.67 Å². The number of benzene rings is 3. The van der Waals surface area contributed by atoms with Crippen molar-refractivity contribution in [3.8, 4) is 17.0 Å². The average molecular weight is 345 g/mol. The van der Waals surface area contributed by atoms with Crippen LogP contribution in [0.5, 0.6) is 5.75 Å². The highest BCUT2D eigenvalue weighted by Gasteiger charge is 2.16. The van der Waals surface area contributed by atoms with Crippen LogP contribution in [-0.4, -0.2) is 9.67 Å². The van der Waals surface area contributed by atoms with Crippen LogP contribution in [0, 0.1) is 19.7 Å². The van der Waals surface area contributed by atoms with E-state index in [1.54, 1.807) is 12.1 Å². The summed E-state index contributed by atoms with van der Waals surface area (Å²) in [5, 5.41) is 10.9. The monoisotopic (exact) mass is 345 g/mol. The summed E-state index contributed by atoms with van der Waals surface area (Å²) in [7, 11) is 0. The van der Waals surface area contributed by atoms with E-state index >= 15 is 0 Å². The third-order valence-electron chi connectivity index (χ3n) is 4.88. The molecule has 130 valence electrons. The number of phenolic OH excluding ortho intramolecular Hbond substituents is 1. The van der Waals surface area contributed by atoms with E-state index in [2.05, 4.69) is 35.8 Å². The van der Waals surface area contributed by atoms with Gasteiger partial charge in [-0.2, -0.15) is 0 Å². The molecule has 0 amide bonds. The van der Waals surface area contributed by atoms with E-state index < -0.39 is 0 Å². The Morgan fingerprint density at radius 3 is 2.27 bits per heavy atom. The highest BCUT2D eigenvalue weighted by molar-refractivity contribution is 5.92. The van der Waals surface area contributed by atoms with Crippen LogP contribution in [0.1, 0.15) is 16.7 Å². The van der Waals surface area contributed by atoms with Gasteiger partial charge >= 0.3 is 0 Å². The third-order valence-corrected chi connectivity index (χ3v) is 4.88. The van der Waals surface area contributed by atoms with Crippen LogP contribution in [-0.2, 0) is 6.54 Å². The van der Waals surface area contributed by atoms with Gasteiger partial charge in [-0.3, -0.25) is 0 Å². The number of hydrogen-bond donors (Lipinski definition) is 1. The molecule has 0 bridgehead atoms. The van der Waals surface area contributed by atoms with Crippen molar-refractivity contribution in [2.24, 2.45) is 0 Å². The lowest BCUT2D eigenvalue weighted by atomic mass is 10.1. The highest BCUT2D eigenvalue weighted by atomic mass is 19.1. The summed E-state index contributed by atoms with van der Waals surface area (Å²) in [4.78, 5) is 0. The summed E-state index contributed by atoms with van der Waals surface area (Å²) in [5.41, 5.74) is 6.57. The van der Waals surface area contributed by atoms with Crippen molar-refractivity contribution in [3.05, 3.63) is 89.2 Å². The molecule has 0 saturated heterocycles. The molecule has 4 aromatic rings. The second-order valence-electron chi connectivity index (χ2n) is 6.75. The Bertz CT molecular complexity index is 1080. The zero-order valence-corrected chi connectivity index (χ0v) is 14.8. The van der Waals surface area contributed by atoms with E-state index in [1.807, 2.05) is 25.1 Å². The van der Waals surface area contributed by atoms with E-state index in [-0.39, 0.29) is 11.6 Å². The fourth-order valence-corrected chi connectivity index (χ4v) is 3.53. The van der Waals surface area contributed by atoms with Gasteiger partial charge in [0.05, 0.1) is 5.69 Å². The molecule has 1 N–H and O–H groups in total. The van der Waals surface area contributed by atoms with E-state index in [0.717, 1.165) is 27.7 Å². The number of nitrogens with zero attached hydrogens (tertiary/aromatic N) is 1. The topological polar surface area (TPSA) is 25.2 Å². The van der Waals surface area contributed by atoms with Crippen molar-refractivity contribution in [2.45, 2.75) is 20.4 Å². The van der Waals surface area contributed by atoms with Gasteiger partial charge in [0.25, 0.3) is 0 Å². The molecule has 1 aromatic heterocycles. The molecule has 0 atom stereocenters. The summed E-state index contributed by atoms with van der Waals surface area (Å²) in [6, 6.07) is 20.5.